The van der Waals surface area contributed by atoms with E-state index in [0.717, 1.165) is 10.5 Å². The Labute approximate surface area is 207 Å². The summed E-state index contributed by atoms with van der Waals surface area (Å²) in [5.41, 5.74) is 1.73. The molecule has 3 aromatic rings. The van der Waals surface area contributed by atoms with Gasteiger partial charge in [0.25, 0.3) is 11.8 Å². The molecule has 0 radical (unpaired) electrons. The summed E-state index contributed by atoms with van der Waals surface area (Å²) >= 11 is 5.90. The third-order valence-electron chi connectivity index (χ3n) is 5.08. The average molecular weight is 491 g/mol. The van der Waals surface area contributed by atoms with Crippen LogP contribution >= 0.6 is 11.6 Å². The molecule has 1 aliphatic rings. The standard InChI is InChI=1S/C27H23ClN2O5/c1-17(2)35-23-11-5-18(6-12-23)15-24-25(31)29-27(33)30(26(24)32)21-9-13-22(14-10-21)34-16-19-3-7-20(28)8-4-19/h3-15,17H,16H2,1-2H3,(H,29,31,33)/b24-15+. The first-order chi connectivity index (χ1) is 16.8. The van der Waals surface area contributed by atoms with Gasteiger partial charge in [-0.05, 0) is 79.6 Å². The van der Waals surface area contributed by atoms with Crippen LogP contribution in [0.5, 0.6) is 11.5 Å². The van der Waals surface area contributed by atoms with E-state index in [2.05, 4.69) is 5.32 Å². The highest BCUT2D eigenvalue weighted by atomic mass is 35.5. The lowest BCUT2D eigenvalue weighted by atomic mass is 10.1. The van der Waals surface area contributed by atoms with Crippen LogP contribution in [0.25, 0.3) is 6.08 Å². The lowest BCUT2D eigenvalue weighted by molar-refractivity contribution is -0.122. The smallest absolute Gasteiger partial charge is 0.335 e. The number of rotatable bonds is 7. The Morgan fingerprint density at radius 2 is 1.51 bits per heavy atom. The molecule has 1 aliphatic heterocycles. The van der Waals surface area contributed by atoms with Gasteiger partial charge in [0.2, 0.25) is 0 Å². The molecule has 1 N–H and O–H groups in total. The van der Waals surface area contributed by atoms with Gasteiger partial charge in [0.15, 0.2) is 0 Å². The van der Waals surface area contributed by atoms with Crippen LogP contribution in [0, 0.1) is 0 Å². The number of ether oxygens (including phenoxy) is 2. The number of nitrogens with one attached hydrogen (secondary N) is 1. The second kappa shape index (κ2) is 10.4. The molecule has 4 amide bonds. The van der Waals surface area contributed by atoms with Gasteiger partial charge >= 0.3 is 6.03 Å². The minimum absolute atomic E-state index is 0.0266. The van der Waals surface area contributed by atoms with Gasteiger partial charge in [0, 0.05) is 5.02 Å². The maximum Gasteiger partial charge on any atom is 0.335 e. The predicted molar refractivity (Wildman–Crippen MR) is 133 cm³/mol. The lowest BCUT2D eigenvalue weighted by Gasteiger charge is -2.26. The van der Waals surface area contributed by atoms with Crippen LogP contribution in [0.4, 0.5) is 10.5 Å². The van der Waals surface area contributed by atoms with Gasteiger partial charge in [-0.15, -0.1) is 0 Å². The van der Waals surface area contributed by atoms with E-state index in [-0.39, 0.29) is 11.7 Å². The van der Waals surface area contributed by atoms with Crippen LogP contribution in [0.2, 0.25) is 5.02 Å². The van der Waals surface area contributed by atoms with Gasteiger partial charge in [-0.1, -0.05) is 35.9 Å². The van der Waals surface area contributed by atoms with Crippen molar-refractivity contribution in [2.45, 2.75) is 26.6 Å². The van der Waals surface area contributed by atoms with E-state index >= 15 is 0 Å². The summed E-state index contributed by atoms with van der Waals surface area (Å²) in [6.07, 6.45) is 1.47. The third-order valence-corrected chi connectivity index (χ3v) is 5.33. The number of hydrogen-bond acceptors (Lipinski definition) is 5. The zero-order valence-corrected chi connectivity index (χ0v) is 19.9. The molecule has 1 heterocycles. The minimum Gasteiger partial charge on any atom is -0.491 e. The van der Waals surface area contributed by atoms with Crippen molar-refractivity contribution in [3.63, 3.8) is 0 Å². The Bertz CT molecular complexity index is 1270. The number of hydrogen-bond donors (Lipinski definition) is 1. The van der Waals surface area contributed by atoms with E-state index in [1.54, 1.807) is 60.7 Å². The monoisotopic (exact) mass is 490 g/mol. The third kappa shape index (κ3) is 5.88. The summed E-state index contributed by atoms with van der Waals surface area (Å²) in [6.45, 7) is 4.18. The van der Waals surface area contributed by atoms with Crippen molar-refractivity contribution < 1.29 is 23.9 Å². The Balaban J connectivity index is 1.49. The zero-order chi connectivity index (χ0) is 24.9. The Kier molecular flexibility index (Phi) is 7.17. The number of carbonyl (C=O) groups excluding carboxylic acids is 3. The van der Waals surface area contributed by atoms with Gasteiger partial charge in [0.1, 0.15) is 23.7 Å². The summed E-state index contributed by atoms with van der Waals surface area (Å²) in [5, 5.41) is 2.87. The lowest BCUT2D eigenvalue weighted by Crippen LogP contribution is -2.54. The highest BCUT2D eigenvalue weighted by Crippen LogP contribution is 2.25. The Morgan fingerprint density at radius 3 is 2.14 bits per heavy atom. The molecule has 35 heavy (non-hydrogen) atoms. The molecule has 8 heteroatoms. The second-order valence-electron chi connectivity index (χ2n) is 8.10. The summed E-state index contributed by atoms with van der Waals surface area (Å²) in [6, 6.07) is 19.9. The van der Waals surface area contributed by atoms with Crippen molar-refractivity contribution in [1.82, 2.24) is 5.32 Å². The highest BCUT2D eigenvalue weighted by Gasteiger charge is 2.36. The van der Waals surface area contributed by atoms with Crippen LogP contribution in [0.15, 0.2) is 78.4 Å². The van der Waals surface area contributed by atoms with Crippen LogP contribution in [0.3, 0.4) is 0 Å². The molecule has 3 aromatic carbocycles. The number of carbonyl (C=O) groups is 3. The molecule has 178 valence electrons. The van der Waals surface area contributed by atoms with E-state index in [0.29, 0.717) is 34.4 Å². The van der Waals surface area contributed by atoms with E-state index in [1.807, 2.05) is 26.0 Å². The number of nitrogens with zero attached hydrogens (tertiary/aromatic N) is 1. The fourth-order valence-electron chi connectivity index (χ4n) is 3.41. The van der Waals surface area contributed by atoms with E-state index in [4.69, 9.17) is 21.1 Å². The minimum atomic E-state index is -0.812. The molecule has 1 fully saturated rings. The highest BCUT2D eigenvalue weighted by molar-refractivity contribution is 6.39. The quantitative estimate of drug-likeness (QED) is 0.355. The fourth-order valence-corrected chi connectivity index (χ4v) is 3.54. The van der Waals surface area contributed by atoms with Gasteiger partial charge in [-0.25, -0.2) is 9.69 Å². The van der Waals surface area contributed by atoms with Crippen molar-refractivity contribution in [2.24, 2.45) is 0 Å². The fraction of sp³-hybridized carbons (Fsp3) is 0.148. The number of urea groups is 1. The van der Waals surface area contributed by atoms with Crippen molar-refractivity contribution in [3.8, 4) is 11.5 Å². The number of benzene rings is 3. The summed E-state index contributed by atoms with van der Waals surface area (Å²) < 4.78 is 11.4. The summed E-state index contributed by atoms with van der Waals surface area (Å²) in [4.78, 5) is 38.9. The largest absolute Gasteiger partial charge is 0.491 e. The predicted octanol–water partition coefficient (Wildman–Crippen LogP) is 5.37. The molecule has 0 atom stereocenters. The molecule has 7 nitrogen and oxygen atoms in total. The maximum atomic E-state index is 13.1. The first-order valence-electron chi connectivity index (χ1n) is 11.0. The molecule has 0 saturated carbocycles. The second-order valence-corrected chi connectivity index (χ2v) is 8.54. The first-order valence-corrected chi connectivity index (χ1v) is 11.3. The molecule has 4 rings (SSSR count). The molecule has 0 spiro atoms. The number of imide groups is 2. The van der Waals surface area contributed by atoms with Crippen LogP contribution < -0.4 is 19.7 Å². The number of halogens is 1. The van der Waals surface area contributed by atoms with Crippen molar-refractivity contribution in [2.75, 3.05) is 4.90 Å². The van der Waals surface area contributed by atoms with Gasteiger partial charge in [0.05, 0.1) is 11.8 Å². The van der Waals surface area contributed by atoms with Crippen LogP contribution in [-0.4, -0.2) is 23.9 Å². The molecule has 0 aliphatic carbocycles. The zero-order valence-electron chi connectivity index (χ0n) is 19.2. The van der Waals surface area contributed by atoms with Crippen LogP contribution in [-0.2, 0) is 16.2 Å². The number of barbiturate groups is 1. The molecule has 1 saturated heterocycles. The summed E-state index contributed by atoms with van der Waals surface area (Å²) in [5.74, 6) is -0.223. The molecule has 0 unspecified atom stereocenters. The van der Waals surface area contributed by atoms with E-state index in [1.165, 1.54) is 6.08 Å². The molecule has 0 aromatic heterocycles. The van der Waals surface area contributed by atoms with E-state index in [9.17, 15) is 14.4 Å². The normalized spacial score (nSPS) is 14.9. The Hall–Kier alpha value is -4.10. The average Bonchev–Trinajstić information content (AvgIpc) is 2.83. The first kappa shape index (κ1) is 24.0. The molecular formula is C27H23ClN2O5. The Morgan fingerprint density at radius 1 is 0.886 bits per heavy atom. The van der Waals surface area contributed by atoms with Crippen molar-refractivity contribution in [3.05, 3.63) is 94.5 Å². The van der Waals surface area contributed by atoms with Gasteiger partial charge < -0.3 is 9.47 Å². The van der Waals surface area contributed by atoms with Gasteiger partial charge in [-0.2, -0.15) is 0 Å². The number of amides is 4. The molecule has 0 bridgehead atoms. The number of anilines is 1. The van der Waals surface area contributed by atoms with Gasteiger partial charge in [-0.3, -0.25) is 14.9 Å². The van der Waals surface area contributed by atoms with Crippen molar-refractivity contribution in [1.29, 1.82) is 0 Å². The van der Waals surface area contributed by atoms with Crippen molar-refractivity contribution >= 4 is 41.2 Å². The maximum absolute atomic E-state index is 13.1. The van der Waals surface area contributed by atoms with E-state index < -0.39 is 17.8 Å². The molecular weight excluding hydrogens is 468 g/mol. The van der Waals surface area contributed by atoms with Crippen LogP contribution in [0.1, 0.15) is 25.0 Å². The topological polar surface area (TPSA) is 84.9 Å². The SMILES string of the molecule is CC(C)Oc1ccc(/C=C2\C(=O)NC(=O)N(c3ccc(OCc4ccc(Cl)cc4)cc3)C2=O)cc1. The summed E-state index contributed by atoms with van der Waals surface area (Å²) in [7, 11) is 0.